The highest BCUT2D eigenvalue weighted by atomic mass is 35.5. The van der Waals surface area contributed by atoms with E-state index in [1.54, 1.807) is 0 Å². The van der Waals surface area contributed by atoms with Crippen LogP contribution in [0.25, 0.3) is 0 Å². The zero-order valence-electron chi connectivity index (χ0n) is 18.9. The number of hydrogen-bond donors (Lipinski definition) is 3. The molecular formula is C25H23ClF3N3OS2. The summed E-state index contributed by atoms with van der Waals surface area (Å²) in [6, 6.07) is 18.0. The molecule has 0 bridgehead atoms. The number of carbonyl (C=O) groups is 1. The predicted molar refractivity (Wildman–Crippen MR) is 142 cm³/mol. The molecule has 1 atom stereocenters. The molecule has 0 aliphatic heterocycles. The van der Waals surface area contributed by atoms with Crippen LogP contribution in [0.2, 0.25) is 5.02 Å². The van der Waals surface area contributed by atoms with Crippen LogP contribution in [-0.2, 0) is 11.0 Å². The van der Waals surface area contributed by atoms with Crippen molar-refractivity contribution in [1.82, 2.24) is 0 Å². The summed E-state index contributed by atoms with van der Waals surface area (Å²) in [6.45, 7) is 3.83. The van der Waals surface area contributed by atoms with Gasteiger partial charge in [-0.1, -0.05) is 42.3 Å². The number of aryl methyl sites for hydroxylation is 1. The number of anilines is 3. The minimum atomic E-state index is -4.54. The van der Waals surface area contributed by atoms with E-state index in [9.17, 15) is 18.0 Å². The van der Waals surface area contributed by atoms with E-state index >= 15 is 0 Å². The van der Waals surface area contributed by atoms with E-state index in [1.165, 1.54) is 11.8 Å². The number of thiocarbonyl (C=S) groups is 1. The summed E-state index contributed by atoms with van der Waals surface area (Å²) in [7, 11) is 0. The third kappa shape index (κ3) is 7.88. The van der Waals surface area contributed by atoms with Gasteiger partial charge in [-0.05, 0) is 74.1 Å². The van der Waals surface area contributed by atoms with E-state index in [0.29, 0.717) is 11.5 Å². The summed E-state index contributed by atoms with van der Waals surface area (Å²) in [5, 5.41) is 8.66. The molecule has 0 aliphatic carbocycles. The molecule has 10 heteroatoms. The standard InChI is InChI=1S/C25H23ClF3N3OS2/c1-3-22(23(33)32-21-13-16(25(27,28)29)9-12-20(21)26)35-19-6-4-5-18(14-19)31-24(34)30-17-10-7-15(2)8-11-17/h4-14,22H,3H2,1-2H3,(H,32,33)(H2,30,31,34). The molecule has 0 heterocycles. The summed E-state index contributed by atoms with van der Waals surface area (Å²) >= 11 is 12.7. The Morgan fingerprint density at radius 3 is 2.34 bits per heavy atom. The second kappa shape index (κ2) is 11.8. The molecule has 184 valence electrons. The molecule has 0 radical (unpaired) electrons. The maximum absolute atomic E-state index is 13.0. The molecule has 0 aromatic heterocycles. The van der Waals surface area contributed by atoms with E-state index < -0.39 is 22.9 Å². The lowest BCUT2D eigenvalue weighted by Gasteiger charge is -2.17. The van der Waals surface area contributed by atoms with Gasteiger partial charge in [0.1, 0.15) is 0 Å². The van der Waals surface area contributed by atoms with Crippen LogP contribution in [0.15, 0.2) is 71.6 Å². The fourth-order valence-corrected chi connectivity index (χ4v) is 4.49. The fraction of sp³-hybridized carbons (Fsp3) is 0.200. The maximum atomic E-state index is 13.0. The second-order valence-corrected chi connectivity index (χ2v) is 9.76. The van der Waals surface area contributed by atoms with Gasteiger partial charge in [0.2, 0.25) is 5.91 Å². The van der Waals surface area contributed by atoms with Crippen molar-refractivity contribution < 1.29 is 18.0 Å². The van der Waals surface area contributed by atoms with Gasteiger partial charge in [-0.3, -0.25) is 4.79 Å². The van der Waals surface area contributed by atoms with Crippen molar-refractivity contribution in [3.8, 4) is 0 Å². The van der Waals surface area contributed by atoms with E-state index in [1.807, 2.05) is 62.4 Å². The number of carbonyl (C=O) groups excluding carboxylic acids is 1. The lowest BCUT2D eigenvalue weighted by molar-refractivity contribution is -0.137. The van der Waals surface area contributed by atoms with Gasteiger partial charge in [0.25, 0.3) is 0 Å². The van der Waals surface area contributed by atoms with Crippen LogP contribution < -0.4 is 16.0 Å². The highest BCUT2D eigenvalue weighted by molar-refractivity contribution is 8.00. The smallest absolute Gasteiger partial charge is 0.332 e. The Morgan fingerprint density at radius 1 is 1.00 bits per heavy atom. The molecule has 0 aliphatic rings. The molecule has 3 aromatic rings. The molecule has 0 fully saturated rings. The van der Waals surface area contributed by atoms with E-state index in [0.717, 1.165) is 40.0 Å². The van der Waals surface area contributed by atoms with Crippen molar-refractivity contribution >= 4 is 63.7 Å². The van der Waals surface area contributed by atoms with Crippen LogP contribution in [0.3, 0.4) is 0 Å². The molecule has 1 unspecified atom stereocenters. The van der Waals surface area contributed by atoms with Crippen molar-refractivity contribution in [3.05, 3.63) is 82.9 Å². The third-order valence-corrected chi connectivity index (χ3v) is 6.79. The van der Waals surface area contributed by atoms with Crippen molar-refractivity contribution in [2.24, 2.45) is 0 Å². The number of nitrogens with one attached hydrogen (secondary N) is 3. The first-order valence-electron chi connectivity index (χ1n) is 10.6. The molecule has 4 nitrogen and oxygen atoms in total. The molecular weight excluding hydrogens is 515 g/mol. The average Bonchev–Trinajstić information content (AvgIpc) is 2.79. The van der Waals surface area contributed by atoms with Crippen molar-refractivity contribution in [2.75, 3.05) is 16.0 Å². The monoisotopic (exact) mass is 537 g/mol. The zero-order chi connectivity index (χ0) is 25.6. The average molecular weight is 538 g/mol. The minimum absolute atomic E-state index is 0.0342. The van der Waals surface area contributed by atoms with Gasteiger partial charge in [-0.15, -0.1) is 11.8 Å². The van der Waals surface area contributed by atoms with Crippen molar-refractivity contribution in [1.29, 1.82) is 0 Å². The largest absolute Gasteiger partial charge is 0.416 e. The first-order chi connectivity index (χ1) is 16.5. The Bertz CT molecular complexity index is 1200. The normalized spacial score (nSPS) is 12.1. The third-order valence-electron chi connectivity index (χ3n) is 4.89. The number of hydrogen-bond acceptors (Lipinski definition) is 3. The Kier molecular flexibility index (Phi) is 9.04. The van der Waals surface area contributed by atoms with Gasteiger partial charge < -0.3 is 16.0 Å². The topological polar surface area (TPSA) is 53.2 Å². The fourth-order valence-electron chi connectivity index (χ4n) is 3.07. The van der Waals surface area contributed by atoms with Crippen LogP contribution in [0, 0.1) is 6.92 Å². The minimum Gasteiger partial charge on any atom is -0.332 e. The highest BCUT2D eigenvalue weighted by Crippen LogP contribution is 2.35. The van der Waals surface area contributed by atoms with Gasteiger partial charge in [-0.25, -0.2) is 0 Å². The second-order valence-electron chi connectivity index (χ2n) is 7.67. The van der Waals surface area contributed by atoms with Crippen LogP contribution in [0.1, 0.15) is 24.5 Å². The SMILES string of the molecule is CCC(Sc1cccc(NC(=S)Nc2ccc(C)cc2)c1)C(=O)Nc1cc(C(F)(F)F)ccc1Cl. The number of thioether (sulfide) groups is 1. The van der Waals surface area contributed by atoms with Crippen LogP contribution in [-0.4, -0.2) is 16.3 Å². The lowest BCUT2D eigenvalue weighted by Crippen LogP contribution is -2.25. The van der Waals surface area contributed by atoms with Crippen molar-refractivity contribution in [2.45, 2.75) is 36.6 Å². The molecule has 35 heavy (non-hydrogen) atoms. The number of rotatable bonds is 7. The van der Waals surface area contributed by atoms with E-state index in [4.69, 9.17) is 23.8 Å². The maximum Gasteiger partial charge on any atom is 0.416 e. The molecule has 0 saturated carbocycles. The predicted octanol–water partition coefficient (Wildman–Crippen LogP) is 7.99. The van der Waals surface area contributed by atoms with Crippen molar-refractivity contribution in [3.63, 3.8) is 0 Å². The zero-order valence-corrected chi connectivity index (χ0v) is 21.3. The molecule has 3 aromatic carbocycles. The Labute approximate surface area is 216 Å². The lowest BCUT2D eigenvalue weighted by atomic mass is 10.2. The van der Waals surface area contributed by atoms with Gasteiger partial charge in [0.05, 0.1) is 21.5 Å². The van der Waals surface area contributed by atoms with Crippen LogP contribution in [0.5, 0.6) is 0 Å². The van der Waals surface area contributed by atoms with E-state index in [2.05, 4.69) is 16.0 Å². The quantitative estimate of drug-likeness (QED) is 0.211. The van der Waals surface area contributed by atoms with Crippen LogP contribution >= 0.6 is 35.6 Å². The van der Waals surface area contributed by atoms with Gasteiger partial charge in [-0.2, -0.15) is 13.2 Å². The Hall–Kier alpha value is -2.75. The van der Waals surface area contributed by atoms with Gasteiger partial charge >= 0.3 is 6.18 Å². The molecule has 3 rings (SSSR count). The first kappa shape index (κ1) is 26.8. The molecule has 0 saturated heterocycles. The summed E-state index contributed by atoms with van der Waals surface area (Å²) < 4.78 is 39.1. The molecule has 3 N–H and O–H groups in total. The highest BCUT2D eigenvalue weighted by Gasteiger charge is 2.31. The Morgan fingerprint density at radius 2 is 1.69 bits per heavy atom. The summed E-state index contributed by atoms with van der Waals surface area (Å²) in [5.41, 5.74) is 1.77. The van der Waals surface area contributed by atoms with E-state index in [-0.39, 0.29) is 10.7 Å². The number of halogens is 4. The summed E-state index contributed by atoms with van der Waals surface area (Å²) in [6.07, 6.45) is -4.08. The summed E-state index contributed by atoms with van der Waals surface area (Å²) in [4.78, 5) is 13.6. The number of alkyl halides is 3. The molecule has 0 spiro atoms. The van der Waals surface area contributed by atoms with Gasteiger partial charge in [0, 0.05) is 16.3 Å². The molecule has 1 amide bonds. The summed E-state index contributed by atoms with van der Waals surface area (Å²) in [5.74, 6) is -0.436. The van der Waals surface area contributed by atoms with Gasteiger partial charge in [0.15, 0.2) is 5.11 Å². The number of benzene rings is 3. The number of amides is 1. The first-order valence-corrected chi connectivity index (χ1v) is 12.3. The van der Waals surface area contributed by atoms with Crippen LogP contribution in [0.4, 0.5) is 30.2 Å². The Balaban J connectivity index is 1.65.